The molecule has 2 heteroatoms. The van der Waals surface area contributed by atoms with Crippen LogP contribution >= 0.6 is 0 Å². The van der Waals surface area contributed by atoms with Crippen molar-refractivity contribution in [2.75, 3.05) is 7.05 Å². The number of hydrogen-bond donors (Lipinski definition) is 0. The van der Waals surface area contributed by atoms with Crippen LogP contribution in [-0.2, 0) is 12.4 Å². The Balaban J connectivity index is -0.00000000929. The van der Waals surface area contributed by atoms with Crippen molar-refractivity contribution < 1.29 is 0 Å². The van der Waals surface area contributed by atoms with Crippen LogP contribution in [0.3, 0.4) is 0 Å². The van der Waals surface area contributed by atoms with E-state index in [2.05, 4.69) is 30.6 Å². The first-order valence-corrected chi connectivity index (χ1v) is 7.41. The van der Waals surface area contributed by atoms with Crippen molar-refractivity contribution in [3.05, 3.63) is 0 Å². The number of rotatable bonds is 0. The maximum absolute atomic E-state index is 4.02. The van der Waals surface area contributed by atoms with Gasteiger partial charge in [-0.1, -0.05) is 96.9 Å². The Labute approximate surface area is 121 Å². The fraction of sp³-hybridized carbons (Fsp3) is 1.00. The molecule has 0 heterocycles. The minimum Gasteiger partial charge on any atom is -0.223 e. The lowest BCUT2D eigenvalue weighted by atomic mass is 10.6. The molecule has 0 atom stereocenters. The molecule has 0 fully saturated rings. The standard InChI is InChI=1S/C3H8.5C2H6.CH3NS.CH4/c1-3-2;5*1-2;1-2-3;/h3H2,1-2H3;5*1-2H3;1H3;1H4. The highest BCUT2D eigenvalue weighted by Crippen LogP contribution is 1.56. The molecule has 0 aliphatic heterocycles. The molecule has 1 nitrogen and oxygen atoms in total. The lowest BCUT2D eigenvalue weighted by Crippen LogP contribution is -1.27. The summed E-state index contributed by atoms with van der Waals surface area (Å²) in [6.45, 7) is 24.2. The van der Waals surface area contributed by atoms with Crippen LogP contribution in [0.25, 0.3) is 0 Å². The van der Waals surface area contributed by atoms with Crippen molar-refractivity contribution in [1.29, 1.82) is 0 Å². The second kappa shape index (κ2) is 886. The van der Waals surface area contributed by atoms with Crippen LogP contribution in [-0.4, -0.2) is 7.05 Å². The van der Waals surface area contributed by atoms with Crippen molar-refractivity contribution in [3.8, 4) is 0 Å². The quantitative estimate of drug-likeness (QED) is 0.443. The Morgan fingerprint density at radius 1 is 0.647 bits per heavy atom. The second-order valence-corrected chi connectivity index (χ2v) is 1.25. The van der Waals surface area contributed by atoms with Crippen LogP contribution in [0.2, 0.25) is 0 Å². The summed E-state index contributed by atoms with van der Waals surface area (Å²) in [4.78, 5) is 0. The third-order valence-corrected chi connectivity index (χ3v) is 0. The minimum absolute atomic E-state index is 0. The average Bonchev–Trinajstić information content (AvgIpc) is 2.42. The van der Waals surface area contributed by atoms with Crippen LogP contribution in [0.4, 0.5) is 0 Å². The third-order valence-electron chi connectivity index (χ3n) is 0. The van der Waals surface area contributed by atoms with E-state index in [1.165, 1.54) is 6.42 Å². The maximum Gasteiger partial charge on any atom is 0.0409 e. The largest absolute Gasteiger partial charge is 0.223 e. The summed E-state index contributed by atoms with van der Waals surface area (Å²) in [7, 11) is 1.56. The van der Waals surface area contributed by atoms with Crippen LogP contribution < -0.4 is 0 Å². The lowest BCUT2D eigenvalue weighted by molar-refractivity contribution is 1.09. The topological polar surface area (TPSA) is 12.4 Å². The molecule has 0 aliphatic carbocycles. The summed E-state index contributed by atoms with van der Waals surface area (Å²) in [5.41, 5.74) is 0. The molecule has 0 aliphatic rings. The van der Waals surface area contributed by atoms with Gasteiger partial charge in [-0.05, 0) is 0 Å². The smallest absolute Gasteiger partial charge is 0.0409 e. The molecule has 0 unspecified atom stereocenters. The SMILES string of the molecule is C.CC.CC.CC.CC.CC.CCC.CN=S. The maximum atomic E-state index is 4.02. The zero-order valence-corrected chi connectivity index (χ0v) is 15.4. The van der Waals surface area contributed by atoms with Crippen molar-refractivity contribution in [2.24, 2.45) is 4.36 Å². The van der Waals surface area contributed by atoms with Gasteiger partial charge in [0.2, 0.25) is 0 Å². The molecule has 0 radical (unpaired) electrons. The molecule has 0 amide bonds. The van der Waals surface area contributed by atoms with Crippen LogP contribution in [0.1, 0.15) is 96.9 Å². The van der Waals surface area contributed by atoms with E-state index in [0.29, 0.717) is 0 Å². The van der Waals surface area contributed by atoms with Crippen LogP contribution in [0, 0.1) is 0 Å². The predicted octanol–water partition coefficient (Wildman–Crippen LogP) is 7.53. The van der Waals surface area contributed by atoms with Crippen LogP contribution in [0.15, 0.2) is 4.36 Å². The zero-order chi connectivity index (χ0) is 15.4. The third kappa shape index (κ3) is 7870000. The van der Waals surface area contributed by atoms with E-state index in [1.54, 1.807) is 7.05 Å². The van der Waals surface area contributed by atoms with Gasteiger partial charge in [0.15, 0.2) is 0 Å². The molecule has 0 bridgehead atoms. The highest BCUT2D eigenvalue weighted by molar-refractivity contribution is 7.47. The Bertz CT molecular complexity index is 24.9. The first-order valence-electron chi connectivity index (χ1n) is 7.04. The molecule has 116 valence electrons. The molecule has 0 rings (SSSR count). The second-order valence-electron chi connectivity index (χ2n) is 0.890. The van der Waals surface area contributed by atoms with Gasteiger partial charge < -0.3 is 0 Å². The predicted molar refractivity (Wildman–Crippen MR) is 95.2 cm³/mol. The van der Waals surface area contributed by atoms with Crippen LogP contribution in [0.5, 0.6) is 0 Å². The van der Waals surface area contributed by atoms with E-state index < -0.39 is 0 Å². The van der Waals surface area contributed by atoms with Gasteiger partial charge in [-0.3, -0.25) is 0 Å². The molecular formula is C15H45NS. The van der Waals surface area contributed by atoms with E-state index in [1.807, 2.05) is 69.2 Å². The first-order chi connectivity index (χ1) is 7.83. The Kier molecular flexibility index (Phi) is 2800. The van der Waals surface area contributed by atoms with Gasteiger partial charge in [0.25, 0.3) is 0 Å². The van der Waals surface area contributed by atoms with Gasteiger partial charge in [0.05, 0.1) is 0 Å². The molecule has 0 saturated heterocycles. The summed E-state index contributed by atoms with van der Waals surface area (Å²) in [5, 5.41) is 0. The summed E-state index contributed by atoms with van der Waals surface area (Å²) in [6, 6.07) is 0. The number of nitrogens with zero attached hydrogens (tertiary/aromatic N) is 1. The molecular weight excluding hydrogens is 226 g/mol. The van der Waals surface area contributed by atoms with Crippen molar-refractivity contribution in [1.82, 2.24) is 0 Å². The normalized spacial score (nSPS) is 3.59. The monoisotopic (exact) mass is 271 g/mol. The lowest BCUT2D eigenvalue weighted by Gasteiger charge is -1.48. The minimum atomic E-state index is 0. The van der Waals surface area contributed by atoms with E-state index in [0.717, 1.165) is 0 Å². The summed E-state index contributed by atoms with van der Waals surface area (Å²) in [5.74, 6) is 0. The summed E-state index contributed by atoms with van der Waals surface area (Å²) < 4.78 is 3.08. The molecule has 0 N–H and O–H groups in total. The molecule has 0 saturated carbocycles. The van der Waals surface area contributed by atoms with Gasteiger partial charge in [0.1, 0.15) is 0 Å². The Morgan fingerprint density at radius 2 is 0.647 bits per heavy atom. The van der Waals surface area contributed by atoms with Crippen molar-refractivity contribution in [3.63, 3.8) is 0 Å². The highest BCUT2D eigenvalue weighted by atomic mass is 32.1. The van der Waals surface area contributed by atoms with Gasteiger partial charge in [0, 0.05) is 19.5 Å². The average molecular weight is 272 g/mol. The van der Waals surface area contributed by atoms with Crippen molar-refractivity contribution in [2.45, 2.75) is 96.9 Å². The zero-order valence-electron chi connectivity index (χ0n) is 14.6. The first kappa shape index (κ1) is 53.7. The fourth-order valence-electron chi connectivity index (χ4n) is 0. The molecule has 0 aromatic heterocycles. The fourth-order valence-corrected chi connectivity index (χ4v) is 0. The Morgan fingerprint density at radius 3 is 0.647 bits per heavy atom. The Hall–Kier alpha value is 0.0200. The van der Waals surface area contributed by atoms with Gasteiger partial charge >= 0.3 is 0 Å². The molecule has 17 heavy (non-hydrogen) atoms. The van der Waals surface area contributed by atoms with E-state index in [4.69, 9.17) is 0 Å². The van der Waals surface area contributed by atoms with Gasteiger partial charge in [-0.25, -0.2) is 4.36 Å². The molecule has 0 aromatic carbocycles. The van der Waals surface area contributed by atoms with E-state index >= 15 is 0 Å². The van der Waals surface area contributed by atoms with Gasteiger partial charge in [-0.15, -0.1) is 0 Å². The summed E-state index contributed by atoms with van der Waals surface area (Å²) in [6.07, 6.45) is 1.25. The highest BCUT2D eigenvalue weighted by Gasteiger charge is 1.35. The van der Waals surface area contributed by atoms with Gasteiger partial charge in [-0.2, -0.15) is 0 Å². The van der Waals surface area contributed by atoms with E-state index in [-0.39, 0.29) is 7.43 Å². The van der Waals surface area contributed by atoms with E-state index in [9.17, 15) is 0 Å². The molecule has 0 aromatic rings. The van der Waals surface area contributed by atoms with Crippen molar-refractivity contribution >= 4 is 12.4 Å². The molecule has 0 spiro atoms. The summed E-state index contributed by atoms with van der Waals surface area (Å²) >= 11 is 4.02. The number of hydrogen-bond acceptors (Lipinski definition) is 2.